The van der Waals surface area contributed by atoms with Crippen molar-refractivity contribution in [3.63, 3.8) is 0 Å². The monoisotopic (exact) mass is 483 g/mol. The zero-order valence-electron chi connectivity index (χ0n) is 19.2. The van der Waals surface area contributed by atoms with E-state index in [1.54, 1.807) is 61.9 Å². The Morgan fingerprint density at radius 1 is 1.24 bits per heavy atom. The SMILES string of the molecule is C=CCn1c(SCC(=O)Nc2cc(F)ccc2C)nnc1[C@@H](C)NC(=O)c1ccc(OC)cc1. The number of aryl methyl sites for hydroxylation is 1. The number of halogens is 1. The van der Waals surface area contributed by atoms with E-state index in [1.165, 1.54) is 23.9 Å². The second-order valence-corrected chi connectivity index (χ2v) is 8.40. The summed E-state index contributed by atoms with van der Waals surface area (Å²) in [5, 5.41) is 14.5. The molecule has 8 nitrogen and oxygen atoms in total. The Bertz CT molecular complexity index is 1180. The van der Waals surface area contributed by atoms with Crippen molar-refractivity contribution in [3.05, 3.63) is 77.9 Å². The van der Waals surface area contributed by atoms with Gasteiger partial charge in [0, 0.05) is 17.8 Å². The molecule has 1 atom stereocenters. The fraction of sp³-hybridized carbons (Fsp3) is 0.250. The van der Waals surface area contributed by atoms with Gasteiger partial charge in [-0.2, -0.15) is 0 Å². The molecule has 0 radical (unpaired) electrons. The minimum Gasteiger partial charge on any atom is -0.497 e. The predicted molar refractivity (Wildman–Crippen MR) is 130 cm³/mol. The number of methoxy groups -OCH3 is 1. The van der Waals surface area contributed by atoms with Gasteiger partial charge in [-0.15, -0.1) is 16.8 Å². The second kappa shape index (κ2) is 11.5. The fourth-order valence-electron chi connectivity index (χ4n) is 3.16. The lowest BCUT2D eigenvalue weighted by Crippen LogP contribution is -2.28. The first-order valence-corrected chi connectivity index (χ1v) is 11.5. The average molecular weight is 484 g/mol. The topological polar surface area (TPSA) is 98.1 Å². The molecule has 3 aromatic rings. The lowest BCUT2D eigenvalue weighted by Gasteiger charge is -2.15. The number of allylic oxidation sites excluding steroid dienone is 1. The van der Waals surface area contributed by atoms with Crippen molar-refractivity contribution in [2.24, 2.45) is 0 Å². The standard InChI is InChI=1S/C24H26FN5O3S/c1-5-12-30-22(16(3)26-23(32)17-7-10-19(33-4)11-8-17)28-29-24(30)34-14-21(31)27-20-13-18(25)9-6-15(20)2/h5-11,13,16H,1,12,14H2,2-4H3,(H,26,32)(H,27,31)/t16-/m1/s1. The number of nitrogens with one attached hydrogen (secondary N) is 2. The van der Waals surface area contributed by atoms with E-state index in [0.717, 1.165) is 5.56 Å². The molecule has 34 heavy (non-hydrogen) atoms. The minimum absolute atomic E-state index is 0.0534. The molecule has 10 heteroatoms. The van der Waals surface area contributed by atoms with Crippen LogP contribution in [0.1, 0.15) is 34.7 Å². The van der Waals surface area contributed by atoms with Crippen LogP contribution in [0.5, 0.6) is 5.75 Å². The van der Waals surface area contributed by atoms with Crippen molar-refractivity contribution in [3.8, 4) is 5.75 Å². The smallest absolute Gasteiger partial charge is 0.251 e. The molecule has 2 aromatic carbocycles. The molecule has 0 aliphatic carbocycles. The summed E-state index contributed by atoms with van der Waals surface area (Å²) >= 11 is 1.19. The number of aromatic nitrogens is 3. The number of ether oxygens (including phenoxy) is 1. The summed E-state index contributed by atoms with van der Waals surface area (Å²) in [5.41, 5.74) is 1.67. The van der Waals surface area contributed by atoms with Crippen LogP contribution in [0.2, 0.25) is 0 Å². The van der Waals surface area contributed by atoms with Gasteiger partial charge in [0.25, 0.3) is 5.91 Å². The van der Waals surface area contributed by atoms with Gasteiger partial charge in [0.05, 0.1) is 18.9 Å². The molecule has 1 heterocycles. The van der Waals surface area contributed by atoms with Crippen molar-refractivity contribution >= 4 is 29.3 Å². The number of nitrogens with zero attached hydrogens (tertiary/aromatic N) is 3. The lowest BCUT2D eigenvalue weighted by molar-refractivity contribution is -0.113. The molecule has 3 rings (SSSR count). The van der Waals surface area contributed by atoms with Crippen LogP contribution in [0.3, 0.4) is 0 Å². The summed E-state index contributed by atoms with van der Waals surface area (Å²) in [6.45, 7) is 7.77. The van der Waals surface area contributed by atoms with Crippen LogP contribution in [0.4, 0.5) is 10.1 Å². The van der Waals surface area contributed by atoms with Crippen LogP contribution in [0, 0.1) is 12.7 Å². The van der Waals surface area contributed by atoms with Gasteiger partial charge < -0.3 is 19.9 Å². The normalized spacial score (nSPS) is 11.5. The maximum atomic E-state index is 13.5. The van der Waals surface area contributed by atoms with Gasteiger partial charge in [0.2, 0.25) is 5.91 Å². The van der Waals surface area contributed by atoms with Crippen LogP contribution >= 0.6 is 11.8 Å². The van der Waals surface area contributed by atoms with Crippen molar-refractivity contribution in [1.29, 1.82) is 0 Å². The second-order valence-electron chi connectivity index (χ2n) is 7.46. The molecule has 0 spiro atoms. The summed E-state index contributed by atoms with van der Waals surface area (Å²) in [7, 11) is 1.56. The zero-order chi connectivity index (χ0) is 24.7. The van der Waals surface area contributed by atoms with Gasteiger partial charge >= 0.3 is 0 Å². The molecule has 2 amide bonds. The van der Waals surface area contributed by atoms with Gasteiger partial charge in [-0.1, -0.05) is 23.9 Å². The Hall–Kier alpha value is -3.66. The highest BCUT2D eigenvalue weighted by Crippen LogP contribution is 2.22. The number of amides is 2. The Balaban J connectivity index is 1.66. The number of carbonyl (C=O) groups excluding carboxylic acids is 2. The molecule has 0 saturated heterocycles. The van der Waals surface area contributed by atoms with Gasteiger partial charge in [0.15, 0.2) is 11.0 Å². The van der Waals surface area contributed by atoms with Crippen LogP contribution in [-0.4, -0.2) is 39.4 Å². The van der Waals surface area contributed by atoms with Crippen LogP contribution < -0.4 is 15.4 Å². The van der Waals surface area contributed by atoms with E-state index >= 15 is 0 Å². The molecule has 0 aliphatic rings. The zero-order valence-corrected chi connectivity index (χ0v) is 20.0. The third kappa shape index (κ3) is 6.22. The average Bonchev–Trinajstić information content (AvgIpc) is 3.23. The number of anilines is 1. The molecule has 0 aliphatic heterocycles. The maximum absolute atomic E-state index is 13.5. The van der Waals surface area contributed by atoms with Crippen molar-refractivity contribution in [1.82, 2.24) is 20.1 Å². The van der Waals surface area contributed by atoms with Crippen LogP contribution in [0.15, 0.2) is 60.3 Å². The molecule has 0 bridgehead atoms. The Morgan fingerprint density at radius 2 is 1.97 bits per heavy atom. The third-order valence-corrected chi connectivity index (χ3v) is 5.92. The Morgan fingerprint density at radius 3 is 2.65 bits per heavy atom. The van der Waals surface area contributed by atoms with E-state index in [1.807, 2.05) is 0 Å². The molecule has 0 fully saturated rings. The highest BCUT2D eigenvalue weighted by Gasteiger charge is 2.20. The van der Waals surface area contributed by atoms with Crippen molar-refractivity contribution < 1.29 is 18.7 Å². The molecular weight excluding hydrogens is 457 g/mol. The molecule has 0 unspecified atom stereocenters. The summed E-state index contributed by atoms with van der Waals surface area (Å²) in [5.74, 6) is 0.267. The van der Waals surface area contributed by atoms with Gasteiger partial charge in [-0.05, 0) is 55.8 Å². The first kappa shape index (κ1) is 25.0. The first-order chi connectivity index (χ1) is 16.3. The summed E-state index contributed by atoms with van der Waals surface area (Å²) in [6, 6.07) is 10.6. The molecule has 178 valence electrons. The summed E-state index contributed by atoms with van der Waals surface area (Å²) in [4.78, 5) is 25.0. The van der Waals surface area contributed by atoms with Gasteiger partial charge in [-0.3, -0.25) is 9.59 Å². The van der Waals surface area contributed by atoms with E-state index in [0.29, 0.717) is 34.5 Å². The fourth-order valence-corrected chi connectivity index (χ4v) is 3.91. The molecule has 0 saturated carbocycles. The number of carbonyl (C=O) groups is 2. The maximum Gasteiger partial charge on any atom is 0.251 e. The Kier molecular flexibility index (Phi) is 8.42. The van der Waals surface area contributed by atoms with E-state index in [4.69, 9.17) is 4.74 Å². The molecule has 2 N–H and O–H groups in total. The van der Waals surface area contributed by atoms with Gasteiger partial charge in [0.1, 0.15) is 11.6 Å². The highest BCUT2D eigenvalue weighted by molar-refractivity contribution is 7.99. The van der Waals surface area contributed by atoms with Crippen LogP contribution in [0.25, 0.3) is 0 Å². The van der Waals surface area contributed by atoms with E-state index in [2.05, 4.69) is 27.4 Å². The van der Waals surface area contributed by atoms with Gasteiger partial charge in [-0.25, -0.2) is 4.39 Å². The van der Waals surface area contributed by atoms with Crippen molar-refractivity contribution in [2.45, 2.75) is 31.6 Å². The van der Waals surface area contributed by atoms with Crippen LogP contribution in [-0.2, 0) is 11.3 Å². The lowest BCUT2D eigenvalue weighted by atomic mass is 10.2. The summed E-state index contributed by atoms with van der Waals surface area (Å²) in [6.07, 6.45) is 1.69. The minimum atomic E-state index is -0.444. The largest absolute Gasteiger partial charge is 0.497 e. The van der Waals surface area contributed by atoms with E-state index < -0.39 is 11.9 Å². The first-order valence-electron chi connectivity index (χ1n) is 10.5. The Labute approximate surface area is 201 Å². The van der Waals surface area contributed by atoms with Crippen molar-refractivity contribution in [2.75, 3.05) is 18.2 Å². The predicted octanol–water partition coefficient (Wildman–Crippen LogP) is 4.14. The quantitative estimate of drug-likeness (QED) is 0.332. The molecular formula is C24H26FN5O3S. The number of hydrogen-bond donors (Lipinski definition) is 2. The van der Waals surface area contributed by atoms with E-state index in [9.17, 15) is 14.0 Å². The van der Waals surface area contributed by atoms with E-state index in [-0.39, 0.29) is 17.6 Å². The number of thioether (sulfide) groups is 1. The third-order valence-electron chi connectivity index (χ3n) is 4.95. The highest BCUT2D eigenvalue weighted by atomic mass is 32.2. The molecule has 1 aromatic heterocycles. The number of benzene rings is 2. The number of hydrogen-bond acceptors (Lipinski definition) is 6. The number of rotatable bonds is 10. The summed E-state index contributed by atoms with van der Waals surface area (Å²) < 4.78 is 20.4.